The van der Waals surface area contributed by atoms with Gasteiger partial charge in [-0.3, -0.25) is 10.1 Å². The molecule has 0 spiro atoms. The largest absolute Gasteiger partial charge is 0.322 e. The van der Waals surface area contributed by atoms with Gasteiger partial charge in [0.05, 0.1) is 12.2 Å². The lowest BCUT2D eigenvalue weighted by Crippen LogP contribution is -2.49. The summed E-state index contributed by atoms with van der Waals surface area (Å²) in [4.78, 5) is 15.3. The maximum absolute atomic E-state index is 13.0. The molecule has 2 fully saturated rings. The smallest absolute Gasteiger partial charge is 0.241 e. The molecule has 1 aliphatic carbocycles. The summed E-state index contributed by atoms with van der Waals surface area (Å²) in [6, 6.07) is 0.415. The fraction of sp³-hybridized carbons (Fsp3) is 0.944. The number of amides is 1. The predicted octanol–water partition coefficient (Wildman–Crippen LogP) is 3.78. The molecule has 1 heterocycles. The minimum Gasteiger partial charge on any atom is -0.322 e. The molecule has 0 bridgehead atoms. The van der Waals surface area contributed by atoms with Crippen molar-refractivity contribution in [1.82, 2.24) is 10.2 Å². The monoisotopic (exact) mass is 294 g/mol. The van der Waals surface area contributed by atoms with E-state index in [1.165, 1.54) is 25.7 Å². The molecule has 1 saturated heterocycles. The molecule has 1 amide bonds. The molecule has 4 atom stereocenters. The Bertz CT molecular complexity index is 349. The van der Waals surface area contributed by atoms with E-state index in [-0.39, 0.29) is 12.2 Å². The van der Waals surface area contributed by atoms with Gasteiger partial charge in [-0.15, -0.1) is 0 Å². The Morgan fingerprint density at radius 1 is 1.14 bits per heavy atom. The van der Waals surface area contributed by atoms with Gasteiger partial charge in [0, 0.05) is 6.04 Å². The molecule has 3 nitrogen and oxygen atoms in total. The lowest BCUT2D eigenvalue weighted by Gasteiger charge is -2.37. The zero-order valence-corrected chi connectivity index (χ0v) is 14.6. The number of nitrogens with zero attached hydrogens (tertiary/aromatic N) is 1. The second-order valence-electron chi connectivity index (χ2n) is 7.48. The van der Waals surface area contributed by atoms with Crippen molar-refractivity contribution in [3.05, 3.63) is 0 Å². The third-order valence-corrected chi connectivity index (χ3v) is 5.77. The maximum Gasteiger partial charge on any atom is 0.241 e. The van der Waals surface area contributed by atoms with Crippen LogP contribution in [0.15, 0.2) is 0 Å². The van der Waals surface area contributed by atoms with Crippen LogP contribution in [0.5, 0.6) is 0 Å². The zero-order chi connectivity index (χ0) is 15.6. The summed E-state index contributed by atoms with van der Waals surface area (Å²) in [7, 11) is 0. The first-order valence-electron chi connectivity index (χ1n) is 9.09. The Labute approximate surface area is 130 Å². The molecule has 21 heavy (non-hydrogen) atoms. The second-order valence-corrected chi connectivity index (χ2v) is 7.48. The topological polar surface area (TPSA) is 32.3 Å². The molecule has 0 aromatic heterocycles. The van der Waals surface area contributed by atoms with Crippen LogP contribution in [0.3, 0.4) is 0 Å². The van der Waals surface area contributed by atoms with Gasteiger partial charge in [0.15, 0.2) is 0 Å². The van der Waals surface area contributed by atoms with Crippen molar-refractivity contribution < 1.29 is 4.79 Å². The van der Waals surface area contributed by atoms with Crippen molar-refractivity contribution in [3.8, 4) is 0 Å². The third kappa shape index (κ3) is 3.28. The van der Waals surface area contributed by atoms with Crippen LogP contribution in [-0.2, 0) is 4.79 Å². The SMILES string of the molecule is CCC(C)C1NC(C2CCCC2)N(C(CC)C(C)C)C1=O. The van der Waals surface area contributed by atoms with Gasteiger partial charge in [-0.2, -0.15) is 0 Å². The van der Waals surface area contributed by atoms with E-state index >= 15 is 0 Å². The molecule has 3 heteroatoms. The quantitative estimate of drug-likeness (QED) is 0.808. The van der Waals surface area contributed by atoms with Gasteiger partial charge in [-0.1, -0.05) is 53.9 Å². The average molecular weight is 294 g/mol. The van der Waals surface area contributed by atoms with Gasteiger partial charge in [0.2, 0.25) is 5.91 Å². The van der Waals surface area contributed by atoms with Crippen LogP contribution in [0.1, 0.15) is 73.1 Å². The van der Waals surface area contributed by atoms with E-state index in [0.717, 1.165) is 12.8 Å². The van der Waals surface area contributed by atoms with E-state index in [0.29, 0.717) is 29.7 Å². The Hall–Kier alpha value is -0.570. The van der Waals surface area contributed by atoms with E-state index in [1.807, 2.05) is 0 Å². The van der Waals surface area contributed by atoms with Crippen molar-refractivity contribution in [1.29, 1.82) is 0 Å². The summed E-state index contributed by atoms with van der Waals surface area (Å²) in [5.74, 6) is 1.98. The summed E-state index contributed by atoms with van der Waals surface area (Å²) in [5, 5.41) is 3.73. The van der Waals surface area contributed by atoms with Gasteiger partial charge >= 0.3 is 0 Å². The van der Waals surface area contributed by atoms with Crippen LogP contribution in [0, 0.1) is 17.8 Å². The Morgan fingerprint density at radius 3 is 2.24 bits per heavy atom. The van der Waals surface area contributed by atoms with Gasteiger partial charge in [-0.05, 0) is 37.0 Å². The average Bonchev–Trinajstić information content (AvgIpc) is 3.08. The predicted molar refractivity (Wildman–Crippen MR) is 87.9 cm³/mol. The van der Waals surface area contributed by atoms with E-state index in [2.05, 4.69) is 44.8 Å². The highest BCUT2D eigenvalue weighted by Gasteiger charge is 2.47. The second kappa shape index (κ2) is 7.13. The molecular weight excluding hydrogens is 260 g/mol. The Balaban J connectivity index is 2.24. The van der Waals surface area contributed by atoms with Crippen molar-refractivity contribution in [3.63, 3.8) is 0 Å². The number of rotatable bonds is 6. The van der Waals surface area contributed by atoms with Crippen LogP contribution in [0.4, 0.5) is 0 Å². The first-order valence-corrected chi connectivity index (χ1v) is 9.09. The Morgan fingerprint density at radius 2 is 1.76 bits per heavy atom. The molecule has 4 unspecified atom stereocenters. The fourth-order valence-corrected chi connectivity index (χ4v) is 4.27. The van der Waals surface area contributed by atoms with Crippen molar-refractivity contribution in [2.45, 2.75) is 91.4 Å². The number of hydrogen-bond acceptors (Lipinski definition) is 2. The van der Waals surface area contributed by atoms with Crippen LogP contribution >= 0.6 is 0 Å². The summed E-state index contributed by atoms with van der Waals surface area (Å²) in [6.45, 7) is 11.1. The van der Waals surface area contributed by atoms with Gasteiger partial charge in [-0.25, -0.2) is 0 Å². The van der Waals surface area contributed by atoms with E-state index in [9.17, 15) is 4.79 Å². The third-order valence-electron chi connectivity index (χ3n) is 5.77. The minimum absolute atomic E-state index is 0.0356. The van der Waals surface area contributed by atoms with Gasteiger partial charge in [0.1, 0.15) is 0 Å². The van der Waals surface area contributed by atoms with Crippen molar-refractivity contribution in [2.24, 2.45) is 17.8 Å². The summed E-state index contributed by atoms with van der Waals surface area (Å²) >= 11 is 0. The van der Waals surface area contributed by atoms with E-state index < -0.39 is 0 Å². The van der Waals surface area contributed by atoms with Crippen LogP contribution in [-0.4, -0.2) is 29.1 Å². The molecule has 0 aromatic rings. The highest BCUT2D eigenvalue weighted by Crippen LogP contribution is 2.36. The highest BCUT2D eigenvalue weighted by atomic mass is 16.2. The minimum atomic E-state index is 0.0356. The molecule has 122 valence electrons. The number of carbonyl (C=O) groups excluding carboxylic acids is 1. The normalized spacial score (nSPS) is 30.4. The van der Waals surface area contributed by atoms with Crippen molar-refractivity contribution >= 4 is 5.91 Å². The molecule has 0 aromatic carbocycles. The first kappa shape index (κ1) is 16.8. The standard InChI is InChI=1S/C18H34N2O/c1-6-13(5)16-18(21)20(15(7-2)12(3)4)17(19-16)14-10-8-9-11-14/h12-17,19H,6-11H2,1-5H3. The molecule has 2 aliphatic rings. The van der Waals surface area contributed by atoms with E-state index in [4.69, 9.17) is 0 Å². The molecule has 0 radical (unpaired) electrons. The van der Waals surface area contributed by atoms with Crippen LogP contribution in [0.25, 0.3) is 0 Å². The first-order chi connectivity index (χ1) is 10.0. The Kier molecular flexibility index (Phi) is 5.70. The molecular formula is C18H34N2O. The summed E-state index contributed by atoms with van der Waals surface area (Å²) < 4.78 is 0. The fourth-order valence-electron chi connectivity index (χ4n) is 4.27. The lowest BCUT2D eigenvalue weighted by atomic mass is 9.95. The van der Waals surface area contributed by atoms with Crippen molar-refractivity contribution in [2.75, 3.05) is 0 Å². The lowest BCUT2D eigenvalue weighted by molar-refractivity contribution is -0.135. The van der Waals surface area contributed by atoms with Gasteiger partial charge in [0.25, 0.3) is 0 Å². The molecule has 1 N–H and O–H groups in total. The number of nitrogens with one attached hydrogen (secondary N) is 1. The molecule has 2 rings (SSSR count). The van der Waals surface area contributed by atoms with E-state index in [1.54, 1.807) is 0 Å². The summed E-state index contributed by atoms with van der Waals surface area (Å²) in [6.07, 6.45) is 7.63. The molecule has 1 aliphatic heterocycles. The summed E-state index contributed by atoms with van der Waals surface area (Å²) in [5.41, 5.74) is 0. The molecule has 1 saturated carbocycles. The number of hydrogen-bond donors (Lipinski definition) is 1. The van der Waals surface area contributed by atoms with Crippen LogP contribution < -0.4 is 5.32 Å². The highest BCUT2D eigenvalue weighted by molar-refractivity contribution is 5.85. The zero-order valence-electron chi connectivity index (χ0n) is 14.6. The van der Waals surface area contributed by atoms with Crippen LogP contribution in [0.2, 0.25) is 0 Å². The number of carbonyl (C=O) groups is 1. The maximum atomic E-state index is 13.0. The van der Waals surface area contributed by atoms with Gasteiger partial charge < -0.3 is 4.90 Å².